The van der Waals surface area contributed by atoms with Crippen molar-refractivity contribution >= 4 is 22.7 Å². The molecule has 3 heterocycles. The number of rotatable bonds is 4. The SMILES string of the molecule is Cc1nn(-c2ccc(F)c(F)c2)c2nc(C(=O)O)cc(-c3ccc(N4CCOCC4)cc3)c12. The van der Waals surface area contributed by atoms with Crippen LogP contribution in [0, 0.1) is 18.6 Å². The van der Waals surface area contributed by atoms with Gasteiger partial charge in [-0.3, -0.25) is 0 Å². The Hall–Kier alpha value is -3.85. The van der Waals surface area contributed by atoms with E-state index in [0.717, 1.165) is 36.5 Å². The van der Waals surface area contributed by atoms with Crippen molar-refractivity contribution in [2.45, 2.75) is 6.92 Å². The zero-order valence-electron chi connectivity index (χ0n) is 17.8. The Morgan fingerprint density at radius 1 is 1.00 bits per heavy atom. The van der Waals surface area contributed by atoms with Gasteiger partial charge in [-0.2, -0.15) is 5.10 Å². The molecule has 168 valence electrons. The zero-order chi connectivity index (χ0) is 23.1. The monoisotopic (exact) mass is 450 g/mol. The van der Waals surface area contributed by atoms with Gasteiger partial charge in [0.25, 0.3) is 0 Å². The molecule has 0 radical (unpaired) electrons. The van der Waals surface area contributed by atoms with Crippen molar-refractivity contribution in [1.82, 2.24) is 14.8 Å². The molecule has 1 fully saturated rings. The molecular formula is C24H20F2N4O3. The topological polar surface area (TPSA) is 80.5 Å². The first-order valence-electron chi connectivity index (χ1n) is 10.4. The Morgan fingerprint density at radius 2 is 1.70 bits per heavy atom. The number of aryl methyl sites for hydroxylation is 1. The smallest absolute Gasteiger partial charge is 0.354 e. The number of anilines is 1. The molecule has 0 amide bonds. The van der Waals surface area contributed by atoms with E-state index in [2.05, 4.69) is 15.0 Å². The van der Waals surface area contributed by atoms with Gasteiger partial charge in [-0.15, -0.1) is 0 Å². The number of hydrogen-bond acceptors (Lipinski definition) is 5. The van der Waals surface area contributed by atoms with E-state index in [1.165, 1.54) is 16.8 Å². The van der Waals surface area contributed by atoms with Crippen molar-refractivity contribution in [1.29, 1.82) is 0 Å². The van der Waals surface area contributed by atoms with Crippen molar-refractivity contribution < 1.29 is 23.4 Å². The molecule has 0 saturated carbocycles. The number of aromatic carboxylic acids is 1. The summed E-state index contributed by atoms with van der Waals surface area (Å²) in [6.45, 7) is 4.74. The van der Waals surface area contributed by atoms with Gasteiger partial charge in [-0.05, 0) is 48.4 Å². The molecule has 7 nitrogen and oxygen atoms in total. The lowest BCUT2D eigenvalue weighted by Gasteiger charge is -2.29. The molecule has 0 aliphatic carbocycles. The number of hydrogen-bond donors (Lipinski definition) is 1. The highest BCUT2D eigenvalue weighted by atomic mass is 19.2. The van der Waals surface area contributed by atoms with Gasteiger partial charge in [0.15, 0.2) is 23.0 Å². The van der Waals surface area contributed by atoms with E-state index in [1.807, 2.05) is 24.3 Å². The van der Waals surface area contributed by atoms with Crippen LogP contribution in [0.1, 0.15) is 16.2 Å². The van der Waals surface area contributed by atoms with E-state index in [-0.39, 0.29) is 17.0 Å². The standard InChI is InChI=1S/C24H20F2N4O3/c1-14-22-18(15-2-4-16(5-3-15)29-8-10-33-11-9-29)13-21(24(31)32)27-23(22)30(28-14)17-6-7-19(25)20(26)12-17/h2-7,12-13H,8-11H2,1H3,(H,31,32). The van der Waals surface area contributed by atoms with Crippen LogP contribution < -0.4 is 4.90 Å². The Kier molecular flexibility index (Phi) is 5.26. The summed E-state index contributed by atoms with van der Waals surface area (Å²) in [4.78, 5) is 18.3. The van der Waals surface area contributed by atoms with Gasteiger partial charge in [0.2, 0.25) is 0 Å². The highest BCUT2D eigenvalue weighted by Gasteiger charge is 2.20. The van der Waals surface area contributed by atoms with Crippen LogP contribution in [0.15, 0.2) is 48.5 Å². The van der Waals surface area contributed by atoms with E-state index in [4.69, 9.17) is 4.74 Å². The minimum atomic E-state index is -1.20. The van der Waals surface area contributed by atoms with Crippen molar-refractivity contribution in [2.24, 2.45) is 0 Å². The molecule has 5 rings (SSSR count). The van der Waals surface area contributed by atoms with Gasteiger partial charge in [-0.1, -0.05) is 12.1 Å². The number of ether oxygens (including phenoxy) is 1. The van der Waals surface area contributed by atoms with Crippen LogP contribution in [0.25, 0.3) is 27.8 Å². The molecule has 0 atom stereocenters. The van der Waals surface area contributed by atoms with E-state index in [1.54, 1.807) is 6.92 Å². The molecule has 0 bridgehead atoms. The molecule has 1 saturated heterocycles. The predicted octanol–water partition coefficient (Wildman–Crippen LogP) is 4.21. The fraction of sp³-hybridized carbons (Fsp3) is 0.208. The number of carboxylic acid groups (broad SMARTS) is 1. The van der Waals surface area contributed by atoms with Gasteiger partial charge >= 0.3 is 5.97 Å². The summed E-state index contributed by atoms with van der Waals surface area (Å²) in [5, 5.41) is 14.8. The highest BCUT2D eigenvalue weighted by Crippen LogP contribution is 2.33. The number of benzene rings is 2. The van der Waals surface area contributed by atoms with Crippen LogP contribution in [0.5, 0.6) is 0 Å². The largest absolute Gasteiger partial charge is 0.477 e. The maximum atomic E-state index is 13.9. The first-order chi connectivity index (χ1) is 15.9. The summed E-state index contributed by atoms with van der Waals surface area (Å²) in [6, 6.07) is 12.7. The lowest BCUT2D eigenvalue weighted by atomic mass is 10.0. The van der Waals surface area contributed by atoms with Crippen LogP contribution in [-0.2, 0) is 4.74 Å². The third kappa shape index (κ3) is 3.80. The van der Waals surface area contributed by atoms with Gasteiger partial charge in [0.05, 0.1) is 30.0 Å². The number of fused-ring (bicyclic) bond motifs is 1. The highest BCUT2D eigenvalue weighted by molar-refractivity contribution is 6.00. The summed E-state index contributed by atoms with van der Waals surface area (Å²) in [5.41, 5.74) is 3.43. The van der Waals surface area contributed by atoms with Gasteiger partial charge < -0.3 is 14.7 Å². The van der Waals surface area contributed by atoms with E-state index >= 15 is 0 Å². The zero-order valence-corrected chi connectivity index (χ0v) is 17.8. The first kappa shape index (κ1) is 21.0. The Morgan fingerprint density at radius 3 is 2.36 bits per heavy atom. The van der Waals surface area contributed by atoms with Crippen molar-refractivity contribution in [3.8, 4) is 16.8 Å². The summed E-state index contributed by atoms with van der Waals surface area (Å²) in [7, 11) is 0. The van der Waals surface area contributed by atoms with E-state index in [0.29, 0.717) is 29.9 Å². The molecule has 2 aromatic carbocycles. The lowest BCUT2D eigenvalue weighted by Crippen LogP contribution is -2.36. The molecule has 9 heteroatoms. The molecule has 1 aliphatic rings. The van der Waals surface area contributed by atoms with Gasteiger partial charge in [0, 0.05) is 24.8 Å². The second-order valence-corrected chi connectivity index (χ2v) is 7.80. The van der Waals surface area contributed by atoms with Crippen LogP contribution in [-0.4, -0.2) is 52.1 Å². The second kappa shape index (κ2) is 8.25. The van der Waals surface area contributed by atoms with Gasteiger partial charge in [-0.25, -0.2) is 23.2 Å². The van der Waals surface area contributed by atoms with Crippen molar-refractivity contribution in [3.05, 3.63) is 71.6 Å². The van der Waals surface area contributed by atoms with Crippen LogP contribution in [0.4, 0.5) is 14.5 Å². The van der Waals surface area contributed by atoms with Crippen molar-refractivity contribution in [3.63, 3.8) is 0 Å². The Bertz CT molecular complexity index is 1360. The molecule has 0 spiro atoms. The quantitative estimate of drug-likeness (QED) is 0.502. The molecular weight excluding hydrogens is 430 g/mol. The third-order valence-corrected chi connectivity index (χ3v) is 5.73. The minimum Gasteiger partial charge on any atom is -0.477 e. The molecule has 1 N–H and O–H groups in total. The molecule has 33 heavy (non-hydrogen) atoms. The fourth-order valence-corrected chi connectivity index (χ4v) is 4.10. The van der Waals surface area contributed by atoms with E-state index in [9.17, 15) is 18.7 Å². The Balaban J connectivity index is 1.66. The number of nitrogens with zero attached hydrogens (tertiary/aromatic N) is 4. The summed E-state index contributed by atoms with van der Waals surface area (Å²) < 4.78 is 34.1. The summed E-state index contributed by atoms with van der Waals surface area (Å²) in [6.07, 6.45) is 0. The number of pyridine rings is 1. The predicted molar refractivity (Wildman–Crippen MR) is 119 cm³/mol. The lowest BCUT2D eigenvalue weighted by molar-refractivity contribution is 0.0691. The van der Waals surface area contributed by atoms with Crippen LogP contribution >= 0.6 is 0 Å². The summed E-state index contributed by atoms with van der Waals surface area (Å²) in [5.74, 6) is -3.20. The van der Waals surface area contributed by atoms with E-state index < -0.39 is 17.6 Å². The number of carboxylic acids is 1. The normalized spacial score (nSPS) is 14.1. The third-order valence-electron chi connectivity index (χ3n) is 5.73. The maximum absolute atomic E-state index is 13.9. The van der Waals surface area contributed by atoms with Crippen LogP contribution in [0.2, 0.25) is 0 Å². The average Bonchev–Trinajstić information content (AvgIpc) is 3.17. The number of carbonyl (C=O) groups is 1. The average molecular weight is 450 g/mol. The molecule has 1 aliphatic heterocycles. The van der Waals surface area contributed by atoms with Crippen molar-refractivity contribution in [2.75, 3.05) is 31.2 Å². The maximum Gasteiger partial charge on any atom is 0.354 e. The molecule has 2 aromatic heterocycles. The Labute approximate surface area is 187 Å². The number of aromatic nitrogens is 3. The van der Waals surface area contributed by atoms with Crippen LogP contribution in [0.3, 0.4) is 0 Å². The fourth-order valence-electron chi connectivity index (χ4n) is 4.10. The second-order valence-electron chi connectivity index (χ2n) is 7.80. The minimum absolute atomic E-state index is 0.168. The first-order valence-corrected chi connectivity index (χ1v) is 10.4. The number of halogens is 2. The summed E-state index contributed by atoms with van der Waals surface area (Å²) >= 11 is 0. The number of morpholine rings is 1. The molecule has 4 aromatic rings. The van der Waals surface area contributed by atoms with Gasteiger partial charge in [0.1, 0.15) is 0 Å². The molecule has 0 unspecified atom stereocenters.